The Morgan fingerprint density at radius 2 is 2.12 bits per heavy atom. The predicted molar refractivity (Wildman–Crippen MR) is 96.1 cm³/mol. The van der Waals surface area contributed by atoms with Gasteiger partial charge in [-0.15, -0.1) is 0 Å². The molecule has 0 spiro atoms. The first-order valence-corrected chi connectivity index (χ1v) is 9.03. The lowest BCUT2D eigenvalue weighted by Gasteiger charge is -2.33. The lowest BCUT2D eigenvalue weighted by Crippen LogP contribution is -2.52. The SMILES string of the molecule is Cc1ccccc1OCC(C)(C)NC(=O)[C@H]1CC[C@H]2CNC[C@@]21C. The lowest BCUT2D eigenvalue weighted by atomic mass is 9.75. The molecule has 2 fully saturated rings. The number of benzene rings is 1. The average molecular weight is 330 g/mol. The van der Waals surface area contributed by atoms with Crippen molar-refractivity contribution < 1.29 is 9.53 Å². The van der Waals surface area contributed by atoms with E-state index in [4.69, 9.17) is 4.74 Å². The Kier molecular flexibility index (Phi) is 4.60. The Morgan fingerprint density at radius 3 is 2.88 bits per heavy atom. The van der Waals surface area contributed by atoms with E-state index in [1.165, 1.54) is 0 Å². The van der Waals surface area contributed by atoms with Gasteiger partial charge in [-0.3, -0.25) is 4.79 Å². The molecule has 2 N–H and O–H groups in total. The third-order valence-electron chi connectivity index (χ3n) is 5.89. The van der Waals surface area contributed by atoms with E-state index in [9.17, 15) is 4.79 Å². The molecule has 1 amide bonds. The summed E-state index contributed by atoms with van der Waals surface area (Å²) >= 11 is 0. The largest absolute Gasteiger partial charge is 0.491 e. The number of para-hydroxylation sites is 1. The molecule has 1 aliphatic carbocycles. The fourth-order valence-electron chi connectivity index (χ4n) is 4.29. The molecule has 24 heavy (non-hydrogen) atoms. The summed E-state index contributed by atoms with van der Waals surface area (Å²) in [6, 6.07) is 7.98. The van der Waals surface area contributed by atoms with Crippen molar-refractivity contribution in [2.45, 2.75) is 46.1 Å². The Bertz CT molecular complexity index is 613. The second-order valence-electron chi connectivity index (χ2n) is 8.39. The molecule has 0 radical (unpaired) electrons. The highest BCUT2D eigenvalue weighted by Gasteiger charge is 2.52. The summed E-state index contributed by atoms with van der Waals surface area (Å²) in [6.07, 6.45) is 2.16. The molecular formula is C20H30N2O2. The molecule has 4 nitrogen and oxygen atoms in total. The summed E-state index contributed by atoms with van der Waals surface area (Å²) in [4.78, 5) is 12.9. The topological polar surface area (TPSA) is 50.4 Å². The number of aryl methyl sites for hydroxylation is 1. The number of ether oxygens (including phenoxy) is 1. The van der Waals surface area contributed by atoms with E-state index >= 15 is 0 Å². The molecule has 132 valence electrons. The number of carbonyl (C=O) groups is 1. The minimum atomic E-state index is -0.389. The van der Waals surface area contributed by atoms with Crippen molar-refractivity contribution in [2.75, 3.05) is 19.7 Å². The zero-order valence-corrected chi connectivity index (χ0v) is 15.3. The Hall–Kier alpha value is -1.55. The molecule has 1 aliphatic heterocycles. The molecule has 0 bridgehead atoms. The van der Waals surface area contributed by atoms with E-state index in [0.29, 0.717) is 12.5 Å². The van der Waals surface area contributed by atoms with Gasteiger partial charge in [0.1, 0.15) is 12.4 Å². The average Bonchev–Trinajstić information content (AvgIpc) is 3.02. The summed E-state index contributed by atoms with van der Waals surface area (Å²) in [7, 11) is 0. The molecule has 4 heteroatoms. The van der Waals surface area contributed by atoms with Crippen LogP contribution in [0.15, 0.2) is 24.3 Å². The van der Waals surface area contributed by atoms with Crippen LogP contribution in [0.2, 0.25) is 0 Å². The molecule has 1 aromatic rings. The maximum atomic E-state index is 12.9. The minimum absolute atomic E-state index is 0.107. The highest BCUT2D eigenvalue weighted by molar-refractivity contribution is 5.80. The second kappa shape index (κ2) is 6.40. The van der Waals surface area contributed by atoms with Crippen LogP contribution in [0.1, 0.15) is 39.2 Å². The smallest absolute Gasteiger partial charge is 0.224 e. The molecule has 1 saturated heterocycles. The molecule has 1 saturated carbocycles. The van der Waals surface area contributed by atoms with Crippen LogP contribution < -0.4 is 15.4 Å². The van der Waals surface area contributed by atoms with Crippen LogP contribution in [-0.4, -0.2) is 31.1 Å². The van der Waals surface area contributed by atoms with Crippen molar-refractivity contribution in [2.24, 2.45) is 17.3 Å². The second-order valence-corrected chi connectivity index (χ2v) is 8.39. The number of hydrogen-bond donors (Lipinski definition) is 2. The Balaban J connectivity index is 1.60. The summed E-state index contributed by atoms with van der Waals surface area (Å²) in [5, 5.41) is 6.69. The fraction of sp³-hybridized carbons (Fsp3) is 0.650. The van der Waals surface area contributed by atoms with Gasteiger partial charge >= 0.3 is 0 Å². The van der Waals surface area contributed by atoms with Crippen LogP contribution in [0, 0.1) is 24.2 Å². The van der Waals surface area contributed by atoms with Crippen molar-refractivity contribution in [1.82, 2.24) is 10.6 Å². The van der Waals surface area contributed by atoms with Gasteiger partial charge in [0.05, 0.1) is 5.54 Å². The van der Waals surface area contributed by atoms with E-state index in [1.807, 2.05) is 45.0 Å². The van der Waals surface area contributed by atoms with Gasteiger partial charge < -0.3 is 15.4 Å². The van der Waals surface area contributed by atoms with Crippen LogP contribution in [-0.2, 0) is 4.79 Å². The minimum Gasteiger partial charge on any atom is -0.491 e. The van der Waals surface area contributed by atoms with Crippen molar-refractivity contribution in [3.8, 4) is 5.75 Å². The zero-order valence-electron chi connectivity index (χ0n) is 15.3. The van der Waals surface area contributed by atoms with Gasteiger partial charge in [-0.1, -0.05) is 25.1 Å². The normalized spacial score (nSPS) is 29.3. The lowest BCUT2D eigenvalue weighted by molar-refractivity contribution is -0.130. The summed E-state index contributed by atoms with van der Waals surface area (Å²) in [5.41, 5.74) is 0.833. The predicted octanol–water partition coefficient (Wildman–Crippen LogP) is 2.90. The quantitative estimate of drug-likeness (QED) is 0.873. The van der Waals surface area contributed by atoms with Gasteiger partial charge in [-0.2, -0.15) is 0 Å². The summed E-state index contributed by atoms with van der Waals surface area (Å²) in [6.45, 7) is 10.8. The van der Waals surface area contributed by atoms with E-state index < -0.39 is 0 Å². The first-order valence-electron chi connectivity index (χ1n) is 9.03. The van der Waals surface area contributed by atoms with Crippen LogP contribution in [0.4, 0.5) is 0 Å². The zero-order chi connectivity index (χ0) is 17.4. The summed E-state index contributed by atoms with van der Waals surface area (Å²) in [5.74, 6) is 1.81. The standard InChI is InChI=1S/C20H30N2O2/c1-14-7-5-6-8-17(14)24-13-19(2,3)22-18(23)16-10-9-15-11-21-12-20(15,16)4/h5-8,15-16,21H,9-13H2,1-4H3,(H,22,23)/t15-,16+,20-/m0/s1. The monoisotopic (exact) mass is 330 g/mol. The van der Waals surface area contributed by atoms with E-state index in [2.05, 4.69) is 17.6 Å². The van der Waals surface area contributed by atoms with Crippen LogP contribution in [0.3, 0.4) is 0 Å². The number of carbonyl (C=O) groups excluding carboxylic acids is 1. The van der Waals surface area contributed by atoms with Crippen LogP contribution in [0.25, 0.3) is 0 Å². The van der Waals surface area contributed by atoms with E-state index in [0.717, 1.165) is 37.2 Å². The van der Waals surface area contributed by atoms with Crippen molar-refractivity contribution >= 4 is 5.91 Å². The number of hydrogen-bond acceptors (Lipinski definition) is 3. The third kappa shape index (κ3) is 3.30. The number of rotatable bonds is 5. The van der Waals surface area contributed by atoms with E-state index in [1.54, 1.807) is 0 Å². The molecular weight excluding hydrogens is 300 g/mol. The number of fused-ring (bicyclic) bond motifs is 1. The first kappa shape index (κ1) is 17.3. The number of nitrogens with one attached hydrogen (secondary N) is 2. The van der Waals surface area contributed by atoms with Crippen molar-refractivity contribution in [3.05, 3.63) is 29.8 Å². The van der Waals surface area contributed by atoms with Crippen LogP contribution in [0.5, 0.6) is 5.75 Å². The van der Waals surface area contributed by atoms with Gasteiger partial charge in [0.2, 0.25) is 5.91 Å². The Morgan fingerprint density at radius 1 is 1.38 bits per heavy atom. The Labute approximate surface area is 145 Å². The highest BCUT2D eigenvalue weighted by Crippen LogP contribution is 2.49. The number of amides is 1. The van der Waals surface area contributed by atoms with Gasteiger partial charge in [-0.05, 0) is 63.1 Å². The van der Waals surface area contributed by atoms with Crippen LogP contribution >= 0.6 is 0 Å². The van der Waals surface area contributed by atoms with Crippen molar-refractivity contribution in [1.29, 1.82) is 0 Å². The van der Waals surface area contributed by atoms with Gasteiger partial charge in [0.25, 0.3) is 0 Å². The fourth-order valence-corrected chi connectivity index (χ4v) is 4.29. The summed E-state index contributed by atoms with van der Waals surface area (Å²) < 4.78 is 5.95. The molecule has 3 rings (SSSR count). The van der Waals surface area contributed by atoms with Gasteiger partial charge in [-0.25, -0.2) is 0 Å². The molecule has 1 aromatic carbocycles. The highest BCUT2D eigenvalue weighted by atomic mass is 16.5. The maximum Gasteiger partial charge on any atom is 0.224 e. The first-order chi connectivity index (χ1) is 11.3. The maximum absolute atomic E-state index is 12.9. The van der Waals surface area contributed by atoms with E-state index in [-0.39, 0.29) is 22.8 Å². The van der Waals surface area contributed by atoms with Gasteiger partial charge in [0, 0.05) is 12.5 Å². The third-order valence-corrected chi connectivity index (χ3v) is 5.89. The molecule has 1 heterocycles. The van der Waals surface area contributed by atoms with Crippen molar-refractivity contribution in [3.63, 3.8) is 0 Å². The molecule has 0 aromatic heterocycles. The molecule has 0 unspecified atom stereocenters. The van der Waals surface area contributed by atoms with Gasteiger partial charge in [0.15, 0.2) is 0 Å². The molecule has 2 aliphatic rings. The molecule has 3 atom stereocenters.